The summed E-state index contributed by atoms with van der Waals surface area (Å²) in [6, 6.07) is 14.7. The lowest BCUT2D eigenvalue weighted by molar-refractivity contribution is 0.173. The lowest BCUT2D eigenvalue weighted by Crippen LogP contribution is -2.34. The summed E-state index contributed by atoms with van der Waals surface area (Å²) in [6.45, 7) is 10.2. The molecule has 0 unspecified atom stereocenters. The molecule has 0 N–H and O–H groups in total. The van der Waals surface area contributed by atoms with E-state index in [1.54, 1.807) is 11.6 Å². The number of fused-ring (bicyclic) bond motifs is 1. The van der Waals surface area contributed by atoms with E-state index in [9.17, 15) is 10.1 Å². The molecule has 0 spiro atoms. The van der Waals surface area contributed by atoms with Gasteiger partial charge in [0.05, 0.1) is 28.9 Å². The fourth-order valence-electron chi connectivity index (χ4n) is 5.33. The van der Waals surface area contributed by atoms with E-state index in [2.05, 4.69) is 47.6 Å². The third kappa shape index (κ3) is 5.16. The molecule has 38 heavy (non-hydrogen) atoms. The molecule has 0 radical (unpaired) electrons. The van der Waals surface area contributed by atoms with E-state index in [-0.39, 0.29) is 11.1 Å². The normalized spacial score (nSPS) is 15.2. The molecule has 8 nitrogen and oxygen atoms in total. The van der Waals surface area contributed by atoms with Crippen molar-refractivity contribution in [1.29, 1.82) is 5.26 Å². The number of aromatic nitrogens is 5. The Bertz CT molecular complexity index is 1510. The van der Waals surface area contributed by atoms with Crippen LogP contribution >= 0.6 is 0 Å². The topological polar surface area (TPSA) is 84.7 Å². The second-order valence-corrected chi connectivity index (χ2v) is 11.3. The van der Waals surface area contributed by atoms with Crippen LogP contribution in [0.2, 0.25) is 0 Å². The van der Waals surface area contributed by atoms with Crippen LogP contribution in [-0.2, 0) is 20.1 Å². The fraction of sp³-hybridized carbons (Fsp3) is 0.467. The quantitative estimate of drug-likeness (QED) is 0.327. The first-order chi connectivity index (χ1) is 18.3. The van der Waals surface area contributed by atoms with Gasteiger partial charge < -0.3 is 0 Å². The van der Waals surface area contributed by atoms with Crippen molar-refractivity contribution in [3.63, 3.8) is 0 Å². The van der Waals surface area contributed by atoms with Crippen molar-refractivity contribution in [2.45, 2.75) is 65.6 Å². The Hall–Kier alpha value is -3.70. The van der Waals surface area contributed by atoms with Gasteiger partial charge in [0.2, 0.25) is 0 Å². The predicted molar refractivity (Wildman–Crippen MR) is 150 cm³/mol. The minimum Gasteiger partial charge on any atom is -0.299 e. The van der Waals surface area contributed by atoms with Gasteiger partial charge in [-0.1, -0.05) is 33.3 Å². The van der Waals surface area contributed by atoms with Crippen molar-refractivity contribution in [2.75, 3.05) is 13.1 Å². The van der Waals surface area contributed by atoms with Crippen LogP contribution in [-0.4, -0.2) is 41.9 Å². The monoisotopic (exact) mass is 511 g/mol. The van der Waals surface area contributed by atoms with Gasteiger partial charge in [-0.15, -0.1) is 0 Å². The highest BCUT2D eigenvalue weighted by Crippen LogP contribution is 2.29. The van der Waals surface area contributed by atoms with Gasteiger partial charge in [0.1, 0.15) is 0 Å². The molecule has 4 aromatic rings. The largest absolute Gasteiger partial charge is 0.330 e. The summed E-state index contributed by atoms with van der Waals surface area (Å²) in [5, 5.41) is 14.3. The van der Waals surface area contributed by atoms with Crippen LogP contribution in [0, 0.1) is 16.7 Å². The van der Waals surface area contributed by atoms with E-state index in [1.165, 1.54) is 0 Å². The number of rotatable bonds is 8. The number of benzene rings is 1. The number of pyridine rings is 1. The second kappa shape index (κ2) is 10.6. The lowest BCUT2D eigenvalue weighted by Gasteiger charge is -2.32. The molecule has 3 aromatic heterocycles. The Morgan fingerprint density at radius 3 is 2.63 bits per heavy atom. The molecule has 0 aliphatic carbocycles. The SMILES string of the molecule is CCC(C)(C)CCn1c(=O)n(C)c2nc(-c3cc(CN4CCC(n5cccn5)CC4)ccc3C#N)ccc21. The fourth-order valence-corrected chi connectivity index (χ4v) is 5.33. The summed E-state index contributed by atoms with van der Waals surface area (Å²) < 4.78 is 5.53. The molecule has 1 saturated heterocycles. The van der Waals surface area contributed by atoms with Gasteiger partial charge in [0.25, 0.3) is 0 Å². The Morgan fingerprint density at radius 2 is 1.95 bits per heavy atom. The number of imidazole rings is 1. The number of hydrogen-bond acceptors (Lipinski definition) is 5. The first-order valence-corrected chi connectivity index (χ1v) is 13.6. The van der Waals surface area contributed by atoms with Crippen LogP contribution in [0.25, 0.3) is 22.4 Å². The maximum absolute atomic E-state index is 13.1. The van der Waals surface area contributed by atoms with Gasteiger partial charge in [-0.05, 0) is 60.6 Å². The first-order valence-electron chi connectivity index (χ1n) is 13.6. The van der Waals surface area contributed by atoms with E-state index in [0.29, 0.717) is 23.8 Å². The number of hydrogen-bond donors (Lipinski definition) is 0. The lowest BCUT2D eigenvalue weighted by atomic mass is 9.86. The summed E-state index contributed by atoms with van der Waals surface area (Å²) in [7, 11) is 1.78. The van der Waals surface area contributed by atoms with E-state index < -0.39 is 0 Å². The van der Waals surface area contributed by atoms with Gasteiger partial charge in [-0.25, -0.2) is 9.78 Å². The molecule has 8 heteroatoms. The van der Waals surface area contributed by atoms with Gasteiger partial charge >= 0.3 is 5.69 Å². The maximum Gasteiger partial charge on any atom is 0.330 e. The molecule has 1 fully saturated rings. The Kier molecular flexibility index (Phi) is 7.22. The van der Waals surface area contributed by atoms with Crippen LogP contribution in [0.15, 0.2) is 53.6 Å². The molecule has 5 rings (SSSR count). The van der Waals surface area contributed by atoms with Crippen molar-refractivity contribution in [3.05, 3.63) is 70.4 Å². The zero-order chi connectivity index (χ0) is 26.9. The van der Waals surface area contributed by atoms with Gasteiger partial charge in [-0.2, -0.15) is 10.4 Å². The highest BCUT2D eigenvalue weighted by atomic mass is 16.1. The van der Waals surface area contributed by atoms with Crippen LogP contribution in [0.3, 0.4) is 0 Å². The Labute approximate surface area is 224 Å². The number of nitriles is 1. The van der Waals surface area contributed by atoms with Crippen molar-refractivity contribution >= 4 is 11.2 Å². The molecule has 4 heterocycles. The molecule has 1 aliphatic heterocycles. The van der Waals surface area contributed by atoms with Crippen molar-refractivity contribution in [1.82, 2.24) is 28.8 Å². The Balaban J connectivity index is 1.39. The van der Waals surface area contributed by atoms with E-state index >= 15 is 0 Å². The second-order valence-electron chi connectivity index (χ2n) is 11.3. The molecule has 1 aromatic carbocycles. The zero-order valence-corrected chi connectivity index (χ0v) is 22.9. The van der Waals surface area contributed by atoms with Crippen molar-refractivity contribution in [3.8, 4) is 17.3 Å². The van der Waals surface area contributed by atoms with Gasteiger partial charge in [0, 0.05) is 51.2 Å². The highest BCUT2D eigenvalue weighted by Gasteiger charge is 2.22. The summed E-state index contributed by atoms with van der Waals surface area (Å²) in [5.74, 6) is 0. The third-order valence-electron chi connectivity index (χ3n) is 8.29. The summed E-state index contributed by atoms with van der Waals surface area (Å²) in [5.41, 5.74) is 4.88. The number of likely N-dealkylation sites (tertiary alicyclic amines) is 1. The molecular formula is C30H37N7O. The molecule has 0 bridgehead atoms. The molecule has 0 amide bonds. The van der Waals surface area contributed by atoms with E-state index in [4.69, 9.17) is 4.98 Å². The average Bonchev–Trinajstić information content (AvgIpc) is 3.55. The summed E-state index contributed by atoms with van der Waals surface area (Å²) in [6.07, 6.45) is 8.02. The molecule has 1 aliphatic rings. The van der Waals surface area contributed by atoms with Crippen LogP contribution in [0.1, 0.15) is 63.6 Å². The number of piperidine rings is 1. The van der Waals surface area contributed by atoms with Crippen LogP contribution < -0.4 is 5.69 Å². The molecular weight excluding hydrogens is 474 g/mol. The van der Waals surface area contributed by atoms with Crippen LogP contribution in [0.4, 0.5) is 0 Å². The number of nitrogens with zero attached hydrogens (tertiary/aromatic N) is 7. The smallest absolute Gasteiger partial charge is 0.299 e. The van der Waals surface area contributed by atoms with Crippen molar-refractivity contribution < 1.29 is 0 Å². The minimum atomic E-state index is -0.0516. The van der Waals surface area contributed by atoms with E-state index in [1.807, 2.05) is 47.3 Å². The van der Waals surface area contributed by atoms with Gasteiger partial charge in [0.15, 0.2) is 5.65 Å². The highest BCUT2D eigenvalue weighted by molar-refractivity contribution is 5.78. The maximum atomic E-state index is 13.1. The third-order valence-corrected chi connectivity index (χ3v) is 8.29. The van der Waals surface area contributed by atoms with Crippen LogP contribution in [0.5, 0.6) is 0 Å². The first kappa shape index (κ1) is 25.9. The van der Waals surface area contributed by atoms with E-state index in [0.717, 1.165) is 67.7 Å². The number of aryl methyl sites for hydroxylation is 2. The molecule has 198 valence electrons. The zero-order valence-electron chi connectivity index (χ0n) is 22.9. The minimum absolute atomic E-state index is 0.0516. The summed E-state index contributed by atoms with van der Waals surface area (Å²) >= 11 is 0. The van der Waals surface area contributed by atoms with Crippen molar-refractivity contribution in [2.24, 2.45) is 12.5 Å². The molecule has 0 saturated carbocycles. The molecule has 0 atom stereocenters. The Morgan fingerprint density at radius 1 is 1.16 bits per heavy atom. The van der Waals surface area contributed by atoms with Gasteiger partial charge in [-0.3, -0.25) is 18.7 Å². The summed E-state index contributed by atoms with van der Waals surface area (Å²) in [4.78, 5) is 20.4. The predicted octanol–water partition coefficient (Wildman–Crippen LogP) is 5.13. The standard InChI is InChI=1S/C30H37N7O/c1-5-30(2,3)13-18-36-27-10-9-26(33-28(27)34(4)29(36)38)25-19-22(7-8-23(25)20-31)21-35-16-11-24(12-17-35)37-15-6-14-32-37/h6-10,14-15,19,24H,5,11-13,16-18,21H2,1-4H3. The average molecular weight is 512 g/mol.